The van der Waals surface area contributed by atoms with Crippen molar-refractivity contribution in [1.82, 2.24) is 14.9 Å². The fraction of sp³-hybridized carbons (Fsp3) is 0.333. The monoisotopic (exact) mass is 379 g/mol. The van der Waals surface area contributed by atoms with Crippen LogP contribution in [0.4, 0.5) is 0 Å². The van der Waals surface area contributed by atoms with Gasteiger partial charge in [0.15, 0.2) is 0 Å². The fourth-order valence-electron chi connectivity index (χ4n) is 3.91. The number of hydrazine groups is 1. The zero-order valence-corrected chi connectivity index (χ0v) is 16.4. The van der Waals surface area contributed by atoms with Gasteiger partial charge in [0.25, 0.3) is 23.6 Å². The summed E-state index contributed by atoms with van der Waals surface area (Å²) in [7, 11) is 3.23. The molecule has 2 heterocycles. The first-order valence-electron chi connectivity index (χ1n) is 9.20. The molecule has 2 aromatic carbocycles. The van der Waals surface area contributed by atoms with E-state index in [-0.39, 0.29) is 12.0 Å². The van der Waals surface area contributed by atoms with Gasteiger partial charge in [-0.3, -0.25) is 24.1 Å². The lowest BCUT2D eigenvalue weighted by Crippen LogP contribution is -2.50. The molecule has 0 spiro atoms. The molecule has 0 aliphatic carbocycles. The van der Waals surface area contributed by atoms with E-state index in [0.717, 1.165) is 5.01 Å². The van der Waals surface area contributed by atoms with Gasteiger partial charge in [-0.25, -0.2) is 10.0 Å². The molecule has 4 rings (SSSR count). The van der Waals surface area contributed by atoms with Crippen molar-refractivity contribution in [2.24, 2.45) is 5.92 Å². The number of imide groups is 2. The average Bonchev–Trinajstić information content (AvgIpc) is 2.64. The van der Waals surface area contributed by atoms with Crippen LogP contribution >= 0.6 is 0 Å². The number of benzene rings is 2. The van der Waals surface area contributed by atoms with Gasteiger partial charge in [-0.05, 0) is 37.1 Å². The van der Waals surface area contributed by atoms with Crippen LogP contribution < -0.4 is 0 Å². The molecule has 0 bridgehead atoms. The molecular formula is C21H21N3O4. The van der Waals surface area contributed by atoms with Crippen LogP contribution in [-0.2, 0) is 0 Å². The first kappa shape index (κ1) is 18.3. The predicted molar refractivity (Wildman–Crippen MR) is 103 cm³/mol. The Bertz CT molecular complexity index is 1020. The molecule has 144 valence electrons. The van der Waals surface area contributed by atoms with Crippen LogP contribution in [0.1, 0.15) is 62.2 Å². The molecule has 2 aliphatic heterocycles. The highest BCUT2D eigenvalue weighted by Gasteiger charge is 2.41. The average molecular weight is 379 g/mol. The van der Waals surface area contributed by atoms with E-state index in [1.807, 2.05) is 20.8 Å². The number of nitrogens with zero attached hydrogens (tertiary/aromatic N) is 3. The van der Waals surface area contributed by atoms with Gasteiger partial charge in [0.1, 0.15) is 0 Å². The maximum absolute atomic E-state index is 13.1. The molecular weight excluding hydrogens is 358 g/mol. The Morgan fingerprint density at radius 2 is 1.04 bits per heavy atom. The van der Waals surface area contributed by atoms with E-state index in [1.54, 1.807) is 38.4 Å². The van der Waals surface area contributed by atoms with Gasteiger partial charge < -0.3 is 0 Å². The zero-order chi connectivity index (χ0) is 20.5. The molecule has 1 atom stereocenters. The fourth-order valence-corrected chi connectivity index (χ4v) is 3.91. The molecule has 2 aromatic rings. The number of hydrogen-bond donors (Lipinski definition) is 0. The lowest BCUT2D eigenvalue weighted by molar-refractivity contribution is 0.0182. The Hall–Kier alpha value is -3.06. The molecule has 0 radical (unpaired) electrons. The summed E-state index contributed by atoms with van der Waals surface area (Å²) in [5.74, 6) is -1.62. The van der Waals surface area contributed by atoms with Gasteiger partial charge in [-0.2, -0.15) is 0 Å². The van der Waals surface area contributed by atoms with Crippen molar-refractivity contribution in [1.29, 1.82) is 0 Å². The van der Waals surface area contributed by atoms with Crippen molar-refractivity contribution in [2.75, 3.05) is 14.1 Å². The lowest BCUT2D eigenvalue weighted by Gasteiger charge is -2.36. The summed E-state index contributed by atoms with van der Waals surface area (Å²) in [5, 5.41) is 3.27. The predicted octanol–water partition coefficient (Wildman–Crippen LogP) is 2.55. The molecule has 7 nitrogen and oxygen atoms in total. The quantitative estimate of drug-likeness (QED) is 0.766. The van der Waals surface area contributed by atoms with Crippen LogP contribution in [0.3, 0.4) is 0 Å². The maximum atomic E-state index is 13.1. The van der Waals surface area contributed by atoms with Gasteiger partial charge in [-0.15, -0.1) is 0 Å². The number of rotatable bonds is 3. The standard InChI is InChI=1S/C21H21N3O4/c1-10(2)11(3)23-18(25)12-6-8-14-17-15(9-7-13(16(12)17)19(23)26)21(28)24(20(14)27)22(4)5/h6-11H,1-5H3. The van der Waals surface area contributed by atoms with E-state index in [1.165, 1.54) is 9.91 Å². The molecule has 0 aromatic heterocycles. The minimum absolute atomic E-state index is 0.0965. The van der Waals surface area contributed by atoms with Crippen LogP contribution in [0.25, 0.3) is 10.8 Å². The highest BCUT2D eigenvalue weighted by Crippen LogP contribution is 2.38. The minimum atomic E-state index is -0.468. The largest absolute Gasteiger partial charge is 0.276 e. The third-order valence-corrected chi connectivity index (χ3v) is 5.68. The van der Waals surface area contributed by atoms with Crippen LogP contribution in [0.15, 0.2) is 24.3 Å². The number of hydrogen-bond acceptors (Lipinski definition) is 5. The number of carbonyl (C=O) groups is 4. The van der Waals surface area contributed by atoms with Crippen LogP contribution in [0.2, 0.25) is 0 Å². The van der Waals surface area contributed by atoms with Crippen LogP contribution in [-0.4, -0.2) is 58.7 Å². The van der Waals surface area contributed by atoms with Crippen molar-refractivity contribution in [2.45, 2.75) is 26.8 Å². The molecule has 1 unspecified atom stereocenters. The third-order valence-electron chi connectivity index (χ3n) is 5.68. The van der Waals surface area contributed by atoms with Crippen molar-refractivity contribution >= 4 is 34.4 Å². The molecule has 0 saturated heterocycles. The van der Waals surface area contributed by atoms with Crippen molar-refractivity contribution in [3.05, 3.63) is 46.5 Å². The van der Waals surface area contributed by atoms with E-state index in [0.29, 0.717) is 33.0 Å². The summed E-state index contributed by atoms with van der Waals surface area (Å²) in [4.78, 5) is 53.3. The Morgan fingerprint density at radius 1 is 0.679 bits per heavy atom. The van der Waals surface area contributed by atoms with E-state index in [2.05, 4.69) is 0 Å². The highest BCUT2D eigenvalue weighted by atomic mass is 16.2. The number of carbonyl (C=O) groups excluding carboxylic acids is 4. The summed E-state index contributed by atoms with van der Waals surface area (Å²) in [6, 6.07) is 6.04. The molecule has 0 saturated carbocycles. The Labute approximate surface area is 162 Å². The van der Waals surface area contributed by atoms with Gasteiger partial charge in [-0.1, -0.05) is 13.8 Å². The normalized spacial score (nSPS) is 17.4. The molecule has 28 heavy (non-hydrogen) atoms. The zero-order valence-electron chi connectivity index (χ0n) is 16.4. The van der Waals surface area contributed by atoms with E-state index < -0.39 is 23.6 Å². The van der Waals surface area contributed by atoms with E-state index in [9.17, 15) is 19.2 Å². The summed E-state index contributed by atoms with van der Waals surface area (Å²) >= 11 is 0. The van der Waals surface area contributed by atoms with Crippen LogP contribution in [0.5, 0.6) is 0 Å². The molecule has 0 fully saturated rings. The Kier molecular flexibility index (Phi) is 3.90. The van der Waals surface area contributed by atoms with Crippen molar-refractivity contribution < 1.29 is 19.2 Å². The van der Waals surface area contributed by atoms with Crippen LogP contribution in [0, 0.1) is 5.92 Å². The van der Waals surface area contributed by atoms with E-state index >= 15 is 0 Å². The van der Waals surface area contributed by atoms with Crippen molar-refractivity contribution in [3.63, 3.8) is 0 Å². The molecule has 4 amide bonds. The highest BCUT2D eigenvalue weighted by molar-refractivity contribution is 6.33. The van der Waals surface area contributed by atoms with Gasteiger partial charge in [0.05, 0.1) is 11.1 Å². The Morgan fingerprint density at radius 3 is 1.36 bits per heavy atom. The van der Waals surface area contributed by atoms with Gasteiger partial charge in [0, 0.05) is 42.0 Å². The first-order valence-corrected chi connectivity index (χ1v) is 9.20. The topological polar surface area (TPSA) is 78.0 Å². The lowest BCUT2D eigenvalue weighted by atomic mass is 9.85. The van der Waals surface area contributed by atoms with Gasteiger partial charge >= 0.3 is 0 Å². The summed E-state index contributed by atoms with van der Waals surface area (Å²) < 4.78 is 0. The minimum Gasteiger partial charge on any atom is -0.271 e. The second-order valence-corrected chi connectivity index (χ2v) is 7.81. The molecule has 7 heteroatoms. The van der Waals surface area contributed by atoms with E-state index in [4.69, 9.17) is 0 Å². The molecule has 2 aliphatic rings. The summed E-state index contributed by atoms with van der Waals surface area (Å²) in [5.41, 5.74) is 1.33. The third kappa shape index (κ3) is 2.19. The first-order chi connectivity index (χ1) is 13.2. The number of amides is 4. The molecule has 0 N–H and O–H groups in total. The van der Waals surface area contributed by atoms with Gasteiger partial charge in [0.2, 0.25) is 0 Å². The smallest absolute Gasteiger partial charge is 0.271 e. The second kappa shape index (κ2) is 5.97. The van der Waals surface area contributed by atoms with Crippen molar-refractivity contribution in [3.8, 4) is 0 Å². The maximum Gasteiger partial charge on any atom is 0.276 e. The SMILES string of the molecule is CC(C)C(C)N1C(=O)c2ccc3c4c(ccc(c24)C1=O)C(=O)N(N(C)C)C3=O. The summed E-state index contributed by atoms with van der Waals surface area (Å²) in [6.07, 6.45) is 0. The Balaban J connectivity index is 2.02. The second-order valence-electron chi connectivity index (χ2n) is 7.81. The summed E-state index contributed by atoms with van der Waals surface area (Å²) in [6.45, 7) is 5.75.